The number of alkyl halides is 3. The van der Waals surface area contributed by atoms with Crippen LogP contribution in [0, 0.1) is 0 Å². The molecular formula is C16H12F3N3O2S2. The number of benzene rings is 1. The number of fused-ring (bicyclic) bond motifs is 1. The number of carbonyl (C=O) groups excluding carboxylic acids is 1. The zero-order valence-electron chi connectivity index (χ0n) is 13.3. The number of rotatable bonds is 4. The minimum Gasteiger partial charge on any atom is -0.325 e. The Balaban J connectivity index is 1.70. The molecule has 0 fully saturated rings. The van der Waals surface area contributed by atoms with Gasteiger partial charge in [0.25, 0.3) is 5.56 Å². The first-order valence-corrected chi connectivity index (χ1v) is 9.16. The van der Waals surface area contributed by atoms with Crippen molar-refractivity contribution in [1.82, 2.24) is 9.55 Å². The van der Waals surface area contributed by atoms with Crippen LogP contribution in [0.15, 0.2) is 45.7 Å². The first-order valence-electron chi connectivity index (χ1n) is 7.30. The highest BCUT2D eigenvalue weighted by atomic mass is 32.2. The summed E-state index contributed by atoms with van der Waals surface area (Å²) in [5.74, 6) is -0.583. The number of hydrogen-bond donors (Lipinski definition) is 1. The molecule has 0 aliphatic carbocycles. The molecule has 0 bridgehead atoms. The summed E-state index contributed by atoms with van der Waals surface area (Å²) in [4.78, 5) is 28.5. The van der Waals surface area contributed by atoms with Crippen molar-refractivity contribution in [3.05, 3.63) is 51.6 Å². The number of anilines is 1. The molecule has 2 heterocycles. The summed E-state index contributed by atoms with van der Waals surface area (Å²) >= 11 is 2.33. The van der Waals surface area contributed by atoms with Crippen LogP contribution in [0.25, 0.3) is 10.2 Å². The van der Waals surface area contributed by atoms with Gasteiger partial charge in [-0.25, -0.2) is 4.98 Å². The Kier molecular flexibility index (Phi) is 5.05. The van der Waals surface area contributed by atoms with E-state index in [0.717, 1.165) is 23.9 Å². The van der Waals surface area contributed by atoms with Crippen LogP contribution in [-0.2, 0) is 18.0 Å². The molecule has 26 heavy (non-hydrogen) atoms. The molecule has 10 heteroatoms. The first kappa shape index (κ1) is 18.5. The number of thiophene rings is 1. The second-order valence-electron chi connectivity index (χ2n) is 5.31. The molecule has 0 atom stereocenters. The van der Waals surface area contributed by atoms with Crippen LogP contribution in [0.3, 0.4) is 0 Å². The van der Waals surface area contributed by atoms with Crippen molar-refractivity contribution in [1.29, 1.82) is 0 Å². The van der Waals surface area contributed by atoms with Crippen molar-refractivity contribution >= 4 is 44.9 Å². The van der Waals surface area contributed by atoms with Crippen LogP contribution < -0.4 is 10.9 Å². The molecule has 2 aromatic heterocycles. The molecule has 0 aliphatic heterocycles. The lowest BCUT2D eigenvalue weighted by Crippen LogP contribution is -2.20. The number of nitrogens with zero attached hydrogens (tertiary/aromatic N) is 2. The van der Waals surface area contributed by atoms with Crippen molar-refractivity contribution in [2.75, 3.05) is 11.1 Å². The van der Waals surface area contributed by atoms with Crippen LogP contribution in [0.5, 0.6) is 0 Å². The fourth-order valence-corrected chi connectivity index (χ4v) is 3.77. The third-order valence-corrected chi connectivity index (χ3v) is 5.37. The number of aromatic nitrogens is 2. The zero-order chi connectivity index (χ0) is 18.9. The van der Waals surface area contributed by atoms with E-state index in [0.29, 0.717) is 15.4 Å². The Hall–Kier alpha value is -2.33. The largest absolute Gasteiger partial charge is 0.416 e. The molecule has 1 amide bonds. The minimum absolute atomic E-state index is 0.0561. The predicted molar refractivity (Wildman–Crippen MR) is 95.7 cm³/mol. The maximum absolute atomic E-state index is 12.7. The lowest BCUT2D eigenvalue weighted by Gasteiger charge is -2.10. The summed E-state index contributed by atoms with van der Waals surface area (Å²) in [7, 11) is 1.56. The minimum atomic E-state index is -4.48. The van der Waals surface area contributed by atoms with E-state index in [2.05, 4.69) is 10.3 Å². The van der Waals surface area contributed by atoms with Gasteiger partial charge in [-0.05, 0) is 29.6 Å². The summed E-state index contributed by atoms with van der Waals surface area (Å²) in [6, 6.07) is 6.12. The smallest absolute Gasteiger partial charge is 0.325 e. The number of hydrogen-bond acceptors (Lipinski definition) is 5. The number of carbonyl (C=O) groups is 1. The van der Waals surface area contributed by atoms with E-state index in [1.807, 2.05) is 0 Å². The predicted octanol–water partition coefficient (Wildman–Crippen LogP) is 3.74. The van der Waals surface area contributed by atoms with Crippen LogP contribution >= 0.6 is 23.1 Å². The van der Waals surface area contributed by atoms with Crippen molar-refractivity contribution in [3.63, 3.8) is 0 Å². The summed E-state index contributed by atoms with van der Waals surface area (Å²) in [6.45, 7) is 0. The number of thioether (sulfide) groups is 1. The summed E-state index contributed by atoms with van der Waals surface area (Å²) in [5.41, 5.74) is -0.430. The molecule has 0 radical (unpaired) electrons. The van der Waals surface area contributed by atoms with Gasteiger partial charge in [-0.1, -0.05) is 17.8 Å². The average Bonchev–Trinajstić information content (AvgIpc) is 3.05. The summed E-state index contributed by atoms with van der Waals surface area (Å²) < 4.78 is 40.0. The van der Waals surface area contributed by atoms with Gasteiger partial charge in [-0.3, -0.25) is 14.2 Å². The highest BCUT2D eigenvalue weighted by Crippen LogP contribution is 2.30. The fourth-order valence-electron chi connectivity index (χ4n) is 2.20. The van der Waals surface area contributed by atoms with Crippen molar-refractivity contribution in [3.8, 4) is 0 Å². The first-order chi connectivity index (χ1) is 12.3. The SMILES string of the molecule is Cn1c(SCC(=O)Nc2cccc(C(F)(F)F)c2)nc2ccsc2c1=O. The molecule has 0 aliphatic rings. The Bertz CT molecular complexity index is 1030. The molecule has 136 valence electrons. The molecule has 3 rings (SSSR count). The number of nitrogens with one attached hydrogen (secondary N) is 1. The van der Waals surface area contributed by atoms with E-state index >= 15 is 0 Å². The van der Waals surface area contributed by atoms with Gasteiger partial charge in [0.1, 0.15) is 4.70 Å². The van der Waals surface area contributed by atoms with Gasteiger partial charge in [0.2, 0.25) is 5.91 Å². The molecule has 0 unspecified atom stereocenters. The fraction of sp³-hybridized carbons (Fsp3) is 0.188. The maximum Gasteiger partial charge on any atom is 0.416 e. The van der Waals surface area contributed by atoms with Crippen LogP contribution in [0.1, 0.15) is 5.56 Å². The monoisotopic (exact) mass is 399 g/mol. The average molecular weight is 399 g/mol. The molecule has 0 spiro atoms. The Morgan fingerprint density at radius 3 is 2.85 bits per heavy atom. The van der Waals surface area contributed by atoms with Gasteiger partial charge in [-0.2, -0.15) is 13.2 Å². The quantitative estimate of drug-likeness (QED) is 0.536. The van der Waals surface area contributed by atoms with E-state index in [1.165, 1.54) is 28.0 Å². The van der Waals surface area contributed by atoms with Crippen molar-refractivity contribution in [2.24, 2.45) is 7.05 Å². The molecular weight excluding hydrogens is 387 g/mol. The number of amides is 1. The highest BCUT2D eigenvalue weighted by Gasteiger charge is 2.30. The topological polar surface area (TPSA) is 64.0 Å². The van der Waals surface area contributed by atoms with Gasteiger partial charge in [-0.15, -0.1) is 11.3 Å². The van der Waals surface area contributed by atoms with Crippen molar-refractivity contribution < 1.29 is 18.0 Å². The number of halogens is 3. The van der Waals surface area contributed by atoms with Gasteiger partial charge in [0.05, 0.1) is 16.8 Å². The third kappa shape index (κ3) is 3.91. The highest BCUT2D eigenvalue weighted by molar-refractivity contribution is 7.99. The van der Waals surface area contributed by atoms with E-state index in [4.69, 9.17) is 0 Å². The Morgan fingerprint density at radius 2 is 2.12 bits per heavy atom. The summed E-state index contributed by atoms with van der Waals surface area (Å²) in [5, 5.41) is 4.54. The zero-order valence-corrected chi connectivity index (χ0v) is 15.0. The second kappa shape index (κ2) is 7.12. The van der Waals surface area contributed by atoms with E-state index < -0.39 is 17.6 Å². The third-order valence-electron chi connectivity index (χ3n) is 3.45. The lowest BCUT2D eigenvalue weighted by molar-refractivity contribution is -0.137. The summed E-state index contributed by atoms with van der Waals surface area (Å²) in [6.07, 6.45) is -4.48. The molecule has 5 nitrogen and oxygen atoms in total. The van der Waals surface area contributed by atoms with Crippen LogP contribution in [-0.4, -0.2) is 21.2 Å². The van der Waals surface area contributed by atoms with E-state index in [9.17, 15) is 22.8 Å². The molecule has 3 aromatic rings. The van der Waals surface area contributed by atoms with Gasteiger partial charge >= 0.3 is 6.18 Å². The van der Waals surface area contributed by atoms with E-state index in [1.54, 1.807) is 18.5 Å². The van der Waals surface area contributed by atoms with Crippen LogP contribution in [0.4, 0.5) is 18.9 Å². The molecule has 0 saturated heterocycles. The van der Waals surface area contributed by atoms with Gasteiger partial charge < -0.3 is 5.32 Å². The standard InChI is InChI=1S/C16H12F3N3O2S2/c1-22-14(24)13-11(5-6-25-13)21-15(22)26-8-12(23)20-10-4-2-3-9(7-10)16(17,18)19/h2-7H,8H2,1H3,(H,20,23). The maximum atomic E-state index is 12.7. The molecule has 1 aromatic carbocycles. The normalized spacial score (nSPS) is 11.7. The van der Waals surface area contributed by atoms with E-state index in [-0.39, 0.29) is 17.0 Å². The van der Waals surface area contributed by atoms with Crippen molar-refractivity contribution in [2.45, 2.75) is 11.3 Å². The Labute approximate surface area is 153 Å². The lowest BCUT2D eigenvalue weighted by atomic mass is 10.2. The molecule has 1 N–H and O–H groups in total. The Morgan fingerprint density at radius 1 is 1.35 bits per heavy atom. The second-order valence-corrected chi connectivity index (χ2v) is 7.17. The van der Waals surface area contributed by atoms with Crippen LogP contribution in [0.2, 0.25) is 0 Å². The van der Waals surface area contributed by atoms with Gasteiger partial charge in [0.15, 0.2) is 5.16 Å². The van der Waals surface area contributed by atoms with Gasteiger partial charge in [0, 0.05) is 12.7 Å². The molecule has 0 saturated carbocycles.